The number of amides is 4. The van der Waals surface area contributed by atoms with E-state index in [1.165, 1.54) is 12.1 Å². The Kier molecular flexibility index (Phi) is 4.73. The van der Waals surface area contributed by atoms with Crippen LogP contribution in [0.2, 0.25) is 0 Å². The Morgan fingerprint density at radius 3 is 1.74 bits per heavy atom. The van der Waals surface area contributed by atoms with Gasteiger partial charge < -0.3 is 0 Å². The van der Waals surface area contributed by atoms with E-state index >= 15 is 0 Å². The zero-order valence-electron chi connectivity index (χ0n) is 9.49. The standard InChI is InChI=1S/C6H6O3S.C4H4N2O3/c7-10(8,9)6-4-2-1-3-5-6;7-2-1-3(8)6-4(9)5-2/h1-5H,(H,7,8,9);1H2,(H2,5,6,7,8,9). The number of urea groups is 1. The van der Waals surface area contributed by atoms with E-state index in [1.807, 2.05) is 10.6 Å². The van der Waals surface area contributed by atoms with Crippen LogP contribution in [0.1, 0.15) is 6.42 Å². The summed E-state index contributed by atoms with van der Waals surface area (Å²) in [5.41, 5.74) is 0. The van der Waals surface area contributed by atoms with Crippen LogP contribution in [0.25, 0.3) is 0 Å². The quantitative estimate of drug-likeness (QED) is 0.479. The summed E-state index contributed by atoms with van der Waals surface area (Å²) in [6.07, 6.45) is -0.258. The summed E-state index contributed by atoms with van der Waals surface area (Å²) in [4.78, 5) is 30.7. The van der Waals surface area contributed by atoms with Crippen LogP contribution in [0.3, 0.4) is 0 Å². The molecule has 0 aromatic heterocycles. The topological polar surface area (TPSA) is 130 Å². The average Bonchev–Trinajstić information content (AvgIpc) is 2.28. The highest BCUT2D eigenvalue weighted by Crippen LogP contribution is 2.05. The summed E-state index contributed by atoms with van der Waals surface area (Å²) in [6.45, 7) is 0. The summed E-state index contributed by atoms with van der Waals surface area (Å²) >= 11 is 0. The highest BCUT2D eigenvalue weighted by Gasteiger charge is 2.20. The van der Waals surface area contributed by atoms with E-state index in [2.05, 4.69) is 0 Å². The maximum absolute atomic E-state index is 10.4. The van der Waals surface area contributed by atoms with Gasteiger partial charge in [0.15, 0.2) is 0 Å². The maximum atomic E-state index is 10.4. The predicted molar refractivity (Wildman–Crippen MR) is 62.6 cm³/mol. The minimum Gasteiger partial charge on any atom is -0.282 e. The smallest absolute Gasteiger partial charge is 0.282 e. The Morgan fingerprint density at radius 1 is 0.947 bits per heavy atom. The van der Waals surface area contributed by atoms with Crippen molar-refractivity contribution >= 4 is 28.0 Å². The third kappa shape index (κ3) is 5.27. The van der Waals surface area contributed by atoms with Crippen LogP contribution in [-0.4, -0.2) is 30.8 Å². The number of benzene rings is 1. The lowest BCUT2D eigenvalue weighted by Gasteiger charge is -2.09. The van der Waals surface area contributed by atoms with Crippen LogP contribution in [0.4, 0.5) is 4.79 Å². The van der Waals surface area contributed by atoms with Crippen molar-refractivity contribution in [2.75, 3.05) is 0 Å². The summed E-state index contributed by atoms with van der Waals surface area (Å²) in [6, 6.07) is 6.68. The lowest BCUT2D eigenvalue weighted by atomic mass is 10.3. The number of carbonyl (C=O) groups is 3. The minimum absolute atomic E-state index is 0.0741. The molecule has 0 aliphatic carbocycles. The van der Waals surface area contributed by atoms with Gasteiger partial charge in [0.1, 0.15) is 6.42 Å². The van der Waals surface area contributed by atoms with Crippen molar-refractivity contribution in [3.05, 3.63) is 30.3 Å². The van der Waals surface area contributed by atoms with E-state index in [1.54, 1.807) is 18.2 Å². The van der Waals surface area contributed by atoms with Gasteiger partial charge >= 0.3 is 6.03 Å². The first-order valence-electron chi connectivity index (χ1n) is 4.95. The van der Waals surface area contributed by atoms with Crippen LogP contribution >= 0.6 is 0 Å². The van der Waals surface area contributed by atoms with Gasteiger partial charge in [0.2, 0.25) is 11.8 Å². The molecule has 0 spiro atoms. The summed E-state index contributed by atoms with van der Waals surface area (Å²) in [5.74, 6) is -1.10. The van der Waals surface area contributed by atoms with Crippen LogP contribution in [0, 0.1) is 0 Å². The van der Waals surface area contributed by atoms with Crippen molar-refractivity contribution in [2.24, 2.45) is 0 Å². The lowest BCUT2D eigenvalue weighted by molar-refractivity contribution is -0.129. The molecule has 1 aromatic rings. The second kappa shape index (κ2) is 6.07. The number of barbiturate groups is 1. The number of imide groups is 2. The van der Waals surface area contributed by atoms with Gasteiger partial charge in [-0.25, -0.2) is 4.79 Å². The van der Waals surface area contributed by atoms with Crippen molar-refractivity contribution in [1.29, 1.82) is 0 Å². The molecule has 19 heavy (non-hydrogen) atoms. The number of rotatable bonds is 1. The predicted octanol–water partition coefficient (Wildman–Crippen LogP) is -0.324. The van der Waals surface area contributed by atoms with Gasteiger partial charge in [0, 0.05) is 0 Å². The molecule has 1 saturated heterocycles. The van der Waals surface area contributed by atoms with E-state index in [0.717, 1.165) is 0 Å². The first-order chi connectivity index (χ1) is 8.79. The fourth-order valence-electron chi connectivity index (χ4n) is 1.11. The average molecular weight is 286 g/mol. The number of hydrogen-bond donors (Lipinski definition) is 3. The van der Waals surface area contributed by atoms with Gasteiger partial charge in [-0.2, -0.15) is 8.42 Å². The molecule has 0 bridgehead atoms. The Morgan fingerprint density at radius 2 is 1.42 bits per heavy atom. The lowest BCUT2D eigenvalue weighted by Crippen LogP contribution is -2.49. The molecule has 2 rings (SSSR count). The summed E-state index contributed by atoms with van der Waals surface area (Å²) in [7, 11) is -4.00. The zero-order valence-corrected chi connectivity index (χ0v) is 10.3. The molecule has 1 fully saturated rings. The van der Waals surface area contributed by atoms with Crippen molar-refractivity contribution in [3.63, 3.8) is 0 Å². The molecule has 0 saturated carbocycles. The van der Waals surface area contributed by atoms with Crippen LogP contribution in [-0.2, 0) is 19.7 Å². The van der Waals surface area contributed by atoms with E-state index in [-0.39, 0.29) is 11.3 Å². The molecule has 9 heteroatoms. The number of hydrogen-bond acceptors (Lipinski definition) is 5. The molecule has 1 aliphatic heterocycles. The highest BCUT2D eigenvalue weighted by atomic mass is 32.2. The van der Waals surface area contributed by atoms with Crippen LogP contribution in [0.5, 0.6) is 0 Å². The normalized spacial score (nSPS) is 14.9. The largest absolute Gasteiger partial charge is 0.328 e. The molecule has 102 valence electrons. The zero-order chi connectivity index (χ0) is 14.5. The van der Waals surface area contributed by atoms with Crippen molar-refractivity contribution in [1.82, 2.24) is 10.6 Å². The van der Waals surface area contributed by atoms with Gasteiger partial charge in [-0.1, -0.05) is 18.2 Å². The molecule has 8 nitrogen and oxygen atoms in total. The third-order valence-electron chi connectivity index (χ3n) is 1.87. The first kappa shape index (κ1) is 14.8. The monoisotopic (exact) mass is 286 g/mol. The number of nitrogens with one attached hydrogen (secondary N) is 2. The van der Waals surface area contributed by atoms with E-state index in [4.69, 9.17) is 4.55 Å². The Balaban J connectivity index is 0.000000191. The molecule has 1 heterocycles. The van der Waals surface area contributed by atoms with Gasteiger partial charge in [0.25, 0.3) is 10.1 Å². The van der Waals surface area contributed by atoms with Gasteiger partial charge in [-0.3, -0.25) is 24.8 Å². The molecule has 1 aromatic carbocycles. The Hall–Kier alpha value is -2.26. The molecule has 0 atom stereocenters. The molecular weight excluding hydrogens is 276 g/mol. The van der Waals surface area contributed by atoms with E-state index in [9.17, 15) is 22.8 Å². The van der Waals surface area contributed by atoms with Crippen molar-refractivity contribution < 1.29 is 27.4 Å². The molecular formula is C10H10N2O6S. The molecule has 0 unspecified atom stereocenters. The Labute approximate surface area is 108 Å². The first-order valence-corrected chi connectivity index (χ1v) is 6.39. The van der Waals surface area contributed by atoms with Gasteiger partial charge in [0.05, 0.1) is 4.90 Å². The van der Waals surface area contributed by atoms with E-state index in [0.29, 0.717) is 0 Å². The second-order valence-corrected chi connectivity index (χ2v) is 4.81. The third-order valence-corrected chi connectivity index (χ3v) is 2.74. The SMILES string of the molecule is O=C1CC(=O)NC(=O)N1.O=S(=O)(O)c1ccccc1. The fourth-order valence-corrected chi connectivity index (χ4v) is 1.61. The second-order valence-electron chi connectivity index (χ2n) is 3.39. The Bertz CT molecular complexity index is 550. The van der Waals surface area contributed by atoms with Gasteiger partial charge in [-0.15, -0.1) is 0 Å². The molecule has 1 aliphatic rings. The van der Waals surface area contributed by atoms with Crippen molar-refractivity contribution in [3.8, 4) is 0 Å². The maximum Gasteiger partial charge on any atom is 0.328 e. The molecule has 0 radical (unpaired) electrons. The van der Waals surface area contributed by atoms with Crippen LogP contribution in [0.15, 0.2) is 35.2 Å². The van der Waals surface area contributed by atoms with Crippen LogP contribution < -0.4 is 10.6 Å². The highest BCUT2D eigenvalue weighted by molar-refractivity contribution is 7.85. The minimum atomic E-state index is -4.00. The van der Waals surface area contributed by atoms with E-state index < -0.39 is 28.0 Å². The molecule has 4 amide bonds. The summed E-state index contributed by atoms with van der Waals surface area (Å²) in [5, 5.41) is 3.80. The number of carbonyl (C=O) groups excluding carboxylic acids is 3. The fraction of sp³-hybridized carbons (Fsp3) is 0.100. The van der Waals surface area contributed by atoms with Gasteiger partial charge in [-0.05, 0) is 12.1 Å². The summed E-state index contributed by atoms with van der Waals surface area (Å²) < 4.78 is 29.2. The van der Waals surface area contributed by atoms with Crippen molar-refractivity contribution in [2.45, 2.75) is 11.3 Å². The molecule has 3 N–H and O–H groups in total.